The number of aromatic nitrogens is 2. The Morgan fingerprint density at radius 3 is 2.76 bits per heavy atom. The fourth-order valence-corrected chi connectivity index (χ4v) is 2.13. The summed E-state index contributed by atoms with van der Waals surface area (Å²) in [5.41, 5.74) is 1.01. The smallest absolute Gasteiger partial charge is 0.132 e. The molecule has 1 N–H and O–H groups in total. The molecule has 1 aromatic carbocycles. The SMILES string of the molecule is CCC(C)n1ccc(CC(O)c2ccc(OC)cc2F)n1. The van der Waals surface area contributed by atoms with Crippen molar-refractivity contribution in [2.24, 2.45) is 0 Å². The molecular weight excluding hydrogens is 271 g/mol. The van der Waals surface area contributed by atoms with Gasteiger partial charge in [0, 0.05) is 30.3 Å². The van der Waals surface area contributed by atoms with Crippen molar-refractivity contribution < 1.29 is 14.2 Å². The van der Waals surface area contributed by atoms with Crippen LogP contribution in [0.25, 0.3) is 0 Å². The van der Waals surface area contributed by atoms with E-state index < -0.39 is 11.9 Å². The molecule has 2 atom stereocenters. The number of rotatable bonds is 6. The minimum Gasteiger partial charge on any atom is -0.497 e. The van der Waals surface area contributed by atoms with Gasteiger partial charge in [0.2, 0.25) is 0 Å². The van der Waals surface area contributed by atoms with Crippen LogP contribution in [0, 0.1) is 5.82 Å². The van der Waals surface area contributed by atoms with Gasteiger partial charge in [-0.25, -0.2) is 4.39 Å². The first kappa shape index (κ1) is 15.5. The monoisotopic (exact) mass is 292 g/mol. The predicted molar refractivity (Wildman–Crippen MR) is 78.8 cm³/mol. The minimum atomic E-state index is -0.920. The van der Waals surface area contributed by atoms with Gasteiger partial charge in [-0.3, -0.25) is 4.68 Å². The Kier molecular flexibility index (Phi) is 4.96. The Bertz CT molecular complexity index is 598. The first-order chi connectivity index (χ1) is 10.0. The van der Waals surface area contributed by atoms with Crippen molar-refractivity contribution in [1.82, 2.24) is 9.78 Å². The zero-order valence-electron chi connectivity index (χ0n) is 12.6. The van der Waals surface area contributed by atoms with Crippen LogP contribution in [-0.4, -0.2) is 22.0 Å². The lowest BCUT2D eigenvalue weighted by atomic mass is 10.0. The molecule has 0 aliphatic carbocycles. The number of hydrogen-bond acceptors (Lipinski definition) is 3. The van der Waals surface area contributed by atoms with Crippen LogP contribution >= 0.6 is 0 Å². The van der Waals surface area contributed by atoms with Crippen molar-refractivity contribution in [3.05, 3.63) is 47.5 Å². The molecule has 0 amide bonds. The topological polar surface area (TPSA) is 47.3 Å². The highest BCUT2D eigenvalue weighted by Crippen LogP contribution is 2.24. The van der Waals surface area contributed by atoms with Crippen LogP contribution in [0.1, 0.15) is 43.7 Å². The molecule has 4 nitrogen and oxygen atoms in total. The lowest BCUT2D eigenvalue weighted by Gasteiger charge is -2.12. The molecule has 1 heterocycles. The van der Waals surface area contributed by atoms with E-state index in [4.69, 9.17) is 4.74 Å². The molecule has 0 aliphatic rings. The highest BCUT2D eigenvalue weighted by atomic mass is 19.1. The van der Waals surface area contributed by atoms with Crippen LogP contribution in [0.3, 0.4) is 0 Å². The highest BCUT2D eigenvalue weighted by molar-refractivity contribution is 5.30. The third-order valence-corrected chi connectivity index (χ3v) is 3.68. The highest BCUT2D eigenvalue weighted by Gasteiger charge is 2.16. The lowest BCUT2D eigenvalue weighted by Crippen LogP contribution is -2.08. The van der Waals surface area contributed by atoms with E-state index in [2.05, 4.69) is 18.9 Å². The van der Waals surface area contributed by atoms with Gasteiger partial charge in [0.1, 0.15) is 11.6 Å². The van der Waals surface area contributed by atoms with Gasteiger partial charge in [-0.05, 0) is 31.5 Å². The molecule has 0 fully saturated rings. The number of nitrogens with zero attached hydrogens (tertiary/aromatic N) is 2. The summed E-state index contributed by atoms with van der Waals surface area (Å²) in [5, 5.41) is 14.6. The Labute approximate surface area is 124 Å². The second-order valence-corrected chi connectivity index (χ2v) is 5.15. The first-order valence-electron chi connectivity index (χ1n) is 7.10. The molecule has 5 heteroatoms. The maximum absolute atomic E-state index is 13.9. The molecule has 0 spiro atoms. The molecule has 0 bridgehead atoms. The van der Waals surface area contributed by atoms with Crippen LogP contribution < -0.4 is 4.74 Å². The van der Waals surface area contributed by atoms with Crippen LogP contribution in [0.4, 0.5) is 4.39 Å². The fourth-order valence-electron chi connectivity index (χ4n) is 2.13. The van der Waals surface area contributed by atoms with E-state index >= 15 is 0 Å². The van der Waals surface area contributed by atoms with Crippen LogP contribution in [0.5, 0.6) is 5.75 Å². The largest absolute Gasteiger partial charge is 0.497 e. The molecule has 2 aromatic rings. The van der Waals surface area contributed by atoms with Crippen LogP contribution in [0.15, 0.2) is 30.5 Å². The Hall–Kier alpha value is -1.88. The van der Waals surface area contributed by atoms with E-state index in [-0.39, 0.29) is 12.0 Å². The van der Waals surface area contributed by atoms with Crippen molar-refractivity contribution in [3.8, 4) is 5.75 Å². The van der Waals surface area contributed by atoms with E-state index in [1.54, 1.807) is 12.1 Å². The molecule has 114 valence electrons. The van der Waals surface area contributed by atoms with E-state index in [0.717, 1.165) is 12.1 Å². The second kappa shape index (κ2) is 6.72. The van der Waals surface area contributed by atoms with E-state index in [1.807, 2.05) is 16.9 Å². The van der Waals surface area contributed by atoms with Gasteiger partial charge in [-0.2, -0.15) is 5.10 Å². The lowest BCUT2D eigenvalue weighted by molar-refractivity contribution is 0.172. The maximum atomic E-state index is 13.9. The van der Waals surface area contributed by atoms with Crippen LogP contribution in [0.2, 0.25) is 0 Å². The summed E-state index contributed by atoms with van der Waals surface area (Å²) in [6.45, 7) is 4.17. The van der Waals surface area contributed by atoms with Crippen molar-refractivity contribution in [1.29, 1.82) is 0 Å². The van der Waals surface area contributed by atoms with Gasteiger partial charge in [-0.1, -0.05) is 6.92 Å². The number of methoxy groups -OCH3 is 1. The standard InChI is InChI=1S/C16H21FN2O2/c1-4-11(2)19-8-7-12(18-19)9-16(20)14-6-5-13(21-3)10-15(14)17/h5-8,10-11,16,20H,4,9H2,1-3H3. The third-order valence-electron chi connectivity index (χ3n) is 3.68. The molecular formula is C16H21FN2O2. The molecule has 0 saturated heterocycles. The van der Waals surface area contributed by atoms with Gasteiger partial charge in [-0.15, -0.1) is 0 Å². The zero-order chi connectivity index (χ0) is 15.4. The summed E-state index contributed by atoms with van der Waals surface area (Å²) >= 11 is 0. The normalized spacial score (nSPS) is 14.0. The van der Waals surface area contributed by atoms with Crippen molar-refractivity contribution in [2.45, 2.75) is 38.8 Å². The van der Waals surface area contributed by atoms with Gasteiger partial charge in [0.15, 0.2) is 0 Å². The summed E-state index contributed by atoms with van der Waals surface area (Å²) in [6, 6.07) is 6.63. The van der Waals surface area contributed by atoms with E-state index in [9.17, 15) is 9.50 Å². The Morgan fingerprint density at radius 2 is 2.14 bits per heavy atom. The van der Waals surface area contributed by atoms with E-state index in [1.165, 1.54) is 13.2 Å². The van der Waals surface area contributed by atoms with Gasteiger partial charge >= 0.3 is 0 Å². The summed E-state index contributed by atoms with van der Waals surface area (Å²) in [5.74, 6) is -0.0345. The van der Waals surface area contributed by atoms with Crippen LogP contribution in [-0.2, 0) is 6.42 Å². The van der Waals surface area contributed by atoms with Crippen molar-refractivity contribution >= 4 is 0 Å². The number of hydrogen-bond donors (Lipinski definition) is 1. The Balaban J connectivity index is 2.10. The first-order valence-corrected chi connectivity index (χ1v) is 7.10. The Morgan fingerprint density at radius 1 is 1.38 bits per heavy atom. The summed E-state index contributed by atoms with van der Waals surface area (Å²) in [7, 11) is 1.48. The quantitative estimate of drug-likeness (QED) is 0.889. The number of halogens is 1. The van der Waals surface area contributed by atoms with Gasteiger partial charge in [0.25, 0.3) is 0 Å². The minimum absolute atomic E-state index is 0.258. The van der Waals surface area contributed by atoms with Crippen molar-refractivity contribution in [3.63, 3.8) is 0 Å². The summed E-state index contributed by atoms with van der Waals surface area (Å²) in [6.07, 6.45) is 2.24. The zero-order valence-corrected chi connectivity index (χ0v) is 12.6. The fraction of sp³-hybridized carbons (Fsp3) is 0.438. The van der Waals surface area contributed by atoms with Gasteiger partial charge < -0.3 is 9.84 Å². The molecule has 2 rings (SSSR count). The average molecular weight is 292 g/mol. The molecule has 0 saturated carbocycles. The summed E-state index contributed by atoms with van der Waals surface area (Å²) < 4.78 is 20.7. The number of ether oxygens (including phenoxy) is 1. The maximum Gasteiger partial charge on any atom is 0.132 e. The number of aliphatic hydroxyl groups is 1. The number of aliphatic hydroxyl groups excluding tert-OH is 1. The second-order valence-electron chi connectivity index (χ2n) is 5.15. The third kappa shape index (κ3) is 3.61. The van der Waals surface area contributed by atoms with Gasteiger partial charge in [0.05, 0.1) is 18.9 Å². The molecule has 0 radical (unpaired) electrons. The molecule has 1 aromatic heterocycles. The molecule has 2 unspecified atom stereocenters. The summed E-state index contributed by atoms with van der Waals surface area (Å²) in [4.78, 5) is 0. The average Bonchev–Trinajstić information content (AvgIpc) is 2.94. The van der Waals surface area contributed by atoms with E-state index in [0.29, 0.717) is 11.8 Å². The molecule has 21 heavy (non-hydrogen) atoms. The predicted octanol–water partition coefficient (Wildman–Crippen LogP) is 3.28. The molecule has 0 aliphatic heterocycles. The number of benzene rings is 1. The van der Waals surface area contributed by atoms with Crippen molar-refractivity contribution in [2.75, 3.05) is 7.11 Å².